The van der Waals surface area contributed by atoms with Crippen LogP contribution in [0.1, 0.15) is 21.5 Å². The molecule has 1 N–H and O–H groups in total. The van der Waals surface area contributed by atoms with Crippen molar-refractivity contribution < 1.29 is 14.5 Å². The van der Waals surface area contributed by atoms with Gasteiger partial charge in [0, 0.05) is 17.7 Å². The topological polar surface area (TPSA) is 81.5 Å². The summed E-state index contributed by atoms with van der Waals surface area (Å²) >= 11 is 0. The number of hydrogen-bond acceptors (Lipinski definition) is 4. The van der Waals surface area contributed by atoms with E-state index in [0.29, 0.717) is 23.6 Å². The van der Waals surface area contributed by atoms with Gasteiger partial charge in [0.2, 0.25) is 0 Å². The van der Waals surface area contributed by atoms with Crippen molar-refractivity contribution in [2.45, 2.75) is 13.5 Å². The van der Waals surface area contributed by atoms with Crippen LogP contribution in [0.3, 0.4) is 0 Å². The van der Waals surface area contributed by atoms with Crippen LogP contribution in [0, 0.1) is 17.0 Å². The number of rotatable bonds is 6. The van der Waals surface area contributed by atoms with E-state index >= 15 is 0 Å². The fourth-order valence-corrected chi connectivity index (χ4v) is 2.53. The highest BCUT2D eigenvalue weighted by Gasteiger charge is 2.12. The summed E-state index contributed by atoms with van der Waals surface area (Å²) in [4.78, 5) is 22.7. The molecule has 27 heavy (non-hydrogen) atoms. The van der Waals surface area contributed by atoms with Gasteiger partial charge >= 0.3 is 0 Å². The lowest BCUT2D eigenvalue weighted by molar-refractivity contribution is -0.384. The molecule has 0 unspecified atom stereocenters. The second kappa shape index (κ2) is 8.14. The first-order valence-corrected chi connectivity index (χ1v) is 8.36. The van der Waals surface area contributed by atoms with Crippen molar-refractivity contribution in [2.24, 2.45) is 0 Å². The van der Waals surface area contributed by atoms with E-state index in [9.17, 15) is 14.9 Å². The molecular formula is C21H18N2O4. The van der Waals surface area contributed by atoms with Crippen LogP contribution in [-0.4, -0.2) is 10.8 Å². The first-order valence-electron chi connectivity index (χ1n) is 8.36. The number of carbonyl (C=O) groups is 1. The summed E-state index contributed by atoms with van der Waals surface area (Å²) in [7, 11) is 0. The van der Waals surface area contributed by atoms with Crippen LogP contribution in [0.25, 0.3) is 0 Å². The van der Waals surface area contributed by atoms with Crippen molar-refractivity contribution in [1.29, 1.82) is 0 Å². The molecule has 1 amide bonds. The summed E-state index contributed by atoms with van der Waals surface area (Å²) in [6.07, 6.45) is 0. The first-order chi connectivity index (χ1) is 13.0. The van der Waals surface area contributed by atoms with E-state index in [1.807, 2.05) is 55.5 Å². The zero-order chi connectivity index (χ0) is 19.2. The molecule has 3 rings (SSSR count). The van der Waals surface area contributed by atoms with Crippen LogP contribution in [0.5, 0.6) is 5.75 Å². The third-order valence-corrected chi connectivity index (χ3v) is 3.96. The molecule has 0 saturated heterocycles. The van der Waals surface area contributed by atoms with Gasteiger partial charge in [0.25, 0.3) is 11.6 Å². The Morgan fingerprint density at radius 3 is 2.41 bits per heavy atom. The maximum atomic E-state index is 12.5. The van der Waals surface area contributed by atoms with Crippen molar-refractivity contribution in [2.75, 3.05) is 5.32 Å². The zero-order valence-corrected chi connectivity index (χ0v) is 14.7. The van der Waals surface area contributed by atoms with Gasteiger partial charge in [-0.1, -0.05) is 36.4 Å². The highest BCUT2D eigenvalue weighted by atomic mass is 16.6. The molecule has 0 aliphatic rings. The number of carbonyl (C=O) groups excluding carboxylic acids is 1. The van der Waals surface area contributed by atoms with Gasteiger partial charge in [0.1, 0.15) is 12.4 Å². The van der Waals surface area contributed by atoms with Gasteiger partial charge < -0.3 is 10.1 Å². The highest BCUT2D eigenvalue weighted by molar-refractivity contribution is 6.05. The third-order valence-electron chi connectivity index (χ3n) is 3.96. The van der Waals surface area contributed by atoms with E-state index < -0.39 is 4.92 Å². The molecule has 3 aromatic rings. The Bertz CT molecular complexity index is 954. The molecule has 0 spiro atoms. The minimum absolute atomic E-state index is 0.0611. The number of hydrogen-bond donors (Lipinski definition) is 1. The molecule has 6 nitrogen and oxygen atoms in total. The minimum atomic E-state index is -0.502. The molecule has 0 aliphatic carbocycles. The van der Waals surface area contributed by atoms with Crippen molar-refractivity contribution in [1.82, 2.24) is 0 Å². The van der Waals surface area contributed by atoms with Gasteiger partial charge in [-0.05, 0) is 42.3 Å². The SMILES string of the molecule is Cc1ccc(OCc2ccccc2)c(NC(=O)c2ccc([N+](=O)[O-])cc2)c1. The lowest BCUT2D eigenvalue weighted by atomic mass is 10.1. The molecule has 0 saturated carbocycles. The largest absolute Gasteiger partial charge is 0.487 e. The van der Waals surface area contributed by atoms with E-state index in [1.165, 1.54) is 24.3 Å². The molecule has 0 bridgehead atoms. The Morgan fingerprint density at radius 2 is 1.74 bits per heavy atom. The number of nitrogens with zero attached hydrogens (tertiary/aromatic N) is 1. The number of amides is 1. The monoisotopic (exact) mass is 362 g/mol. The summed E-state index contributed by atoms with van der Waals surface area (Å²) in [6, 6.07) is 20.7. The van der Waals surface area contributed by atoms with Crippen LogP contribution >= 0.6 is 0 Å². The number of nitro benzene ring substituents is 1. The number of aryl methyl sites for hydroxylation is 1. The number of benzene rings is 3. The summed E-state index contributed by atoms with van der Waals surface area (Å²) < 4.78 is 5.86. The van der Waals surface area contributed by atoms with Crippen LogP contribution in [-0.2, 0) is 6.61 Å². The van der Waals surface area contributed by atoms with Gasteiger partial charge in [-0.25, -0.2) is 0 Å². The molecule has 0 aromatic heterocycles. The molecule has 6 heteroatoms. The predicted octanol–water partition coefficient (Wildman–Crippen LogP) is 4.73. The van der Waals surface area contributed by atoms with Gasteiger partial charge in [-0.15, -0.1) is 0 Å². The fourth-order valence-electron chi connectivity index (χ4n) is 2.53. The Balaban J connectivity index is 1.76. The molecule has 0 aliphatic heterocycles. The lowest BCUT2D eigenvalue weighted by Crippen LogP contribution is -2.13. The van der Waals surface area contributed by atoms with Crippen molar-refractivity contribution in [3.05, 3.63) is 99.6 Å². The standard InChI is InChI=1S/C21H18N2O4/c1-15-7-12-20(27-14-16-5-3-2-4-6-16)19(13-15)22-21(24)17-8-10-18(11-9-17)23(25)26/h2-13H,14H2,1H3,(H,22,24). The zero-order valence-electron chi connectivity index (χ0n) is 14.7. The maximum absolute atomic E-state index is 12.5. The Labute approximate surface area is 156 Å². The van der Waals surface area contributed by atoms with Gasteiger partial charge in [-0.3, -0.25) is 14.9 Å². The molecule has 0 fully saturated rings. The highest BCUT2D eigenvalue weighted by Crippen LogP contribution is 2.27. The summed E-state index contributed by atoms with van der Waals surface area (Å²) in [6.45, 7) is 2.30. The maximum Gasteiger partial charge on any atom is 0.269 e. The average Bonchev–Trinajstić information content (AvgIpc) is 2.68. The molecule has 0 atom stereocenters. The third kappa shape index (κ3) is 4.70. The van der Waals surface area contributed by atoms with Gasteiger partial charge in [0.15, 0.2) is 0 Å². The minimum Gasteiger partial charge on any atom is -0.487 e. The molecule has 3 aromatic carbocycles. The first kappa shape index (κ1) is 18.1. The Hall–Kier alpha value is -3.67. The number of ether oxygens (including phenoxy) is 1. The summed E-state index contributed by atoms with van der Waals surface area (Å²) in [5.41, 5.74) is 2.81. The van der Waals surface area contributed by atoms with Gasteiger partial charge in [-0.2, -0.15) is 0 Å². The summed E-state index contributed by atoms with van der Waals surface area (Å²) in [5, 5.41) is 13.6. The lowest BCUT2D eigenvalue weighted by Gasteiger charge is -2.13. The van der Waals surface area contributed by atoms with E-state index in [2.05, 4.69) is 5.32 Å². The van der Waals surface area contributed by atoms with Crippen LogP contribution in [0.15, 0.2) is 72.8 Å². The second-order valence-electron chi connectivity index (χ2n) is 6.03. The number of nitrogens with one attached hydrogen (secondary N) is 1. The molecular weight excluding hydrogens is 344 g/mol. The van der Waals surface area contributed by atoms with Crippen LogP contribution in [0.4, 0.5) is 11.4 Å². The quantitative estimate of drug-likeness (QED) is 0.507. The second-order valence-corrected chi connectivity index (χ2v) is 6.03. The van der Waals surface area contributed by atoms with E-state index in [1.54, 1.807) is 0 Å². The van der Waals surface area contributed by atoms with Crippen molar-refractivity contribution in [3.8, 4) is 5.75 Å². The Morgan fingerprint density at radius 1 is 1.04 bits per heavy atom. The van der Waals surface area contributed by atoms with E-state index in [4.69, 9.17) is 4.74 Å². The smallest absolute Gasteiger partial charge is 0.269 e. The number of non-ortho nitro benzene ring substituents is 1. The van der Waals surface area contributed by atoms with Crippen molar-refractivity contribution in [3.63, 3.8) is 0 Å². The fraction of sp³-hybridized carbons (Fsp3) is 0.0952. The normalized spacial score (nSPS) is 10.3. The van der Waals surface area contributed by atoms with E-state index in [-0.39, 0.29) is 11.6 Å². The number of anilines is 1. The Kier molecular flexibility index (Phi) is 5.47. The summed E-state index contributed by atoms with van der Waals surface area (Å²) in [5.74, 6) is 0.194. The molecule has 0 radical (unpaired) electrons. The van der Waals surface area contributed by atoms with Crippen molar-refractivity contribution >= 4 is 17.3 Å². The van der Waals surface area contributed by atoms with E-state index in [0.717, 1.165) is 11.1 Å². The number of nitro groups is 1. The predicted molar refractivity (Wildman–Crippen MR) is 103 cm³/mol. The van der Waals surface area contributed by atoms with Crippen LogP contribution < -0.4 is 10.1 Å². The average molecular weight is 362 g/mol. The van der Waals surface area contributed by atoms with Gasteiger partial charge in [0.05, 0.1) is 10.6 Å². The molecule has 136 valence electrons. The van der Waals surface area contributed by atoms with Crippen LogP contribution in [0.2, 0.25) is 0 Å². The molecule has 0 heterocycles.